The van der Waals surface area contributed by atoms with Crippen LogP contribution in [0.4, 0.5) is 5.82 Å². The zero-order chi connectivity index (χ0) is 18.7. The van der Waals surface area contributed by atoms with Crippen molar-refractivity contribution in [3.63, 3.8) is 0 Å². The van der Waals surface area contributed by atoms with Crippen LogP contribution >= 0.6 is 11.3 Å². The molecule has 142 valence electrons. The van der Waals surface area contributed by atoms with E-state index in [-0.39, 0.29) is 5.41 Å². The molecule has 0 bridgehead atoms. The van der Waals surface area contributed by atoms with Crippen molar-refractivity contribution in [2.75, 3.05) is 38.2 Å². The summed E-state index contributed by atoms with van der Waals surface area (Å²) in [7, 11) is 1.71. The quantitative estimate of drug-likeness (QED) is 0.799. The molecule has 0 aromatic carbocycles. The van der Waals surface area contributed by atoms with Gasteiger partial charge in [0.15, 0.2) is 0 Å². The summed E-state index contributed by atoms with van der Waals surface area (Å²) < 4.78 is 5.30. The molecule has 0 aliphatic carbocycles. The standard InChI is InChI=1S/C19H29N5OS/c1-14(17-20-6-11-26-17)23-7-9-24(10-8-23)16-12-15(13-25-5)21-18(22-16)19(2,3)4/h6,11-12,14H,7-10,13H2,1-5H3. The van der Waals surface area contributed by atoms with Crippen LogP contribution in [0.3, 0.4) is 0 Å². The van der Waals surface area contributed by atoms with Crippen LogP contribution in [-0.4, -0.2) is 53.1 Å². The van der Waals surface area contributed by atoms with Gasteiger partial charge in [-0.25, -0.2) is 15.0 Å². The molecule has 0 radical (unpaired) electrons. The normalized spacial score (nSPS) is 17.5. The fourth-order valence-corrected chi connectivity index (χ4v) is 3.87. The summed E-state index contributed by atoms with van der Waals surface area (Å²) in [5.41, 5.74) is 0.862. The monoisotopic (exact) mass is 375 g/mol. The highest BCUT2D eigenvalue weighted by molar-refractivity contribution is 7.09. The molecule has 1 atom stereocenters. The predicted molar refractivity (Wildman–Crippen MR) is 106 cm³/mol. The van der Waals surface area contributed by atoms with Crippen molar-refractivity contribution in [3.05, 3.63) is 34.2 Å². The number of thiazole rings is 1. The summed E-state index contributed by atoms with van der Waals surface area (Å²) in [5, 5.41) is 3.24. The van der Waals surface area contributed by atoms with Crippen molar-refractivity contribution >= 4 is 17.2 Å². The van der Waals surface area contributed by atoms with Gasteiger partial charge in [0.25, 0.3) is 0 Å². The van der Waals surface area contributed by atoms with E-state index in [0.29, 0.717) is 12.6 Å². The first kappa shape index (κ1) is 19.2. The number of hydrogen-bond donors (Lipinski definition) is 0. The Morgan fingerprint density at radius 1 is 1.19 bits per heavy atom. The Labute approximate surface area is 160 Å². The zero-order valence-electron chi connectivity index (χ0n) is 16.4. The topological polar surface area (TPSA) is 54.4 Å². The van der Waals surface area contributed by atoms with Gasteiger partial charge in [-0.05, 0) is 6.92 Å². The van der Waals surface area contributed by atoms with Crippen LogP contribution in [0.25, 0.3) is 0 Å². The second-order valence-corrected chi connectivity index (χ2v) is 8.72. The van der Waals surface area contributed by atoms with Crippen LogP contribution in [0.5, 0.6) is 0 Å². The average Bonchev–Trinajstić information content (AvgIpc) is 3.15. The molecule has 0 amide bonds. The van der Waals surface area contributed by atoms with E-state index in [1.807, 2.05) is 11.6 Å². The number of anilines is 1. The van der Waals surface area contributed by atoms with Gasteiger partial charge in [0.05, 0.1) is 18.3 Å². The van der Waals surface area contributed by atoms with Crippen molar-refractivity contribution in [2.24, 2.45) is 0 Å². The van der Waals surface area contributed by atoms with Gasteiger partial charge in [-0.3, -0.25) is 4.90 Å². The summed E-state index contributed by atoms with van der Waals surface area (Å²) in [4.78, 5) is 18.9. The van der Waals surface area contributed by atoms with Crippen LogP contribution in [0.1, 0.15) is 50.3 Å². The molecular formula is C19H29N5OS. The van der Waals surface area contributed by atoms with Gasteiger partial charge < -0.3 is 9.64 Å². The highest BCUT2D eigenvalue weighted by Crippen LogP contribution is 2.26. The van der Waals surface area contributed by atoms with E-state index >= 15 is 0 Å². The number of piperazine rings is 1. The summed E-state index contributed by atoms with van der Waals surface area (Å²) in [6.45, 7) is 13.1. The molecule has 1 aliphatic heterocycles. The van der Waals surface area contributed by atoms with Crippen molar-refractivity contribution in [3.8, 4) is 0 Å². The van der Waals surface area contributed by atoms with Crippen LogP contribution in [-0.2, 0) is 16.8 Å². The third kappa shape index (κ3) is 4.39. The Kier molecular flexibility index (Phi) is 5.89. The van der Waals surface area contributed by atoms with E-state index in [9.17, 15) is 0 Å². The lowest BCUT2D eigenvalue weighted by atomic mass is 9.95. The average molecular weight is 376 g/mol. The van der Waals surface area contributed by atoms with E-state index in [4.69, 9.17) is 9.72 Å². The number of rotatable bonds is 5. The molecule has 26 heavy (non-hydrogen) atoms. The highest BCUT2D eigenvalue weighted by Gasteiger charge is 2.26. The highest BCUT2D eigenvalue weighted by atomic mass is 32.1. The van der Waals surface area contributed by atoms with Gasteiger partial charge in [0.2, 0.25) is 0 Å². The van der Waals surface area contributed by atoms with Crippen molar-refractivity contribution in [2.45, 2.75) is 45.8 Å². The van der Waals surface area contributed by atoms with Gasteiger partial charge in [-0.2, -0.15) is 0 Å². The van der Waals surface area contributed by atoms with Gasteiger partial charge in [-0.1, -0.05) is 20.8 Å². The first-order valence-electron chi connectivity index (χ1n) is 9.14. The van der Waals surface area contributed by atoms with E-state index in [1.165, 1.54) is 5.01 Å². The molecule has 1 aliphatic rings. The first-order chi connectivity index (χ1) is 12.4. The molecule has 0 saturated carbocycles. The van der Waals surface area contributed by atoms with Crippen LogP contribution in [0.15, 0.2) is 17.6 Å². The lowest BCUT2D eigenvalue weighted by molar-refractivity contribution is 0.180. The van der Waals surface area contributed by atoms with Crippen LogP contribution in [0.2, 0.25) is 0 Å². The largest absolute Gasteiger partial charge is 0.378 e. The fraction of sp³-hybridized carbons (Fsp3) is 0.632. The summed E-state index contributed by atoms with van der Waals surface area (Å²) in [6, 6.07) is 2.44. The maximum atomic E-state index is 5.30. The summed E-state index contributed by atoms with van der Waals surface area (Å²) in [6.07, 6.45) is 1.89. The van der Waals surface area contributed by atoms with Gasteiger partial charge in [-0.15, -0.1) is 11.3 Å². The third-order valence-electron chi connectivity index (χ3n) is 4.72. The summed E-state index contributed by atoms with van der Waals surface area (Å²) >= 11 is 1.73. The van der Waals surface area contributed by atoms with Crippen LogP contribution < -0.4 is 4.90 Å². The lowest BCUT2D eigenvalue weighted by Crippen LogP contribution is -2.47. The molecule has 2 aromatic heterocycles. The zero-order valence-corrected chi connectivity index (χ0v) is 17.2. The molecule has 3 rings (SSSR count). The van der Waals surface area contributed by atoms with Gasteiger partial charge in [0, 0.05) is 56.3 Å². The molecule has 0 spiro atoms. The Bertz CT molecular complexity index is 705. The Morgan fingerprint density at radius 3 is 2.50 bits per heavy atom. The van der Waals surface area contributed by atoms with Crippen molar-refractivity contribution in [1.29, 1.82) is 0 Å². The van der Waals surface area contributed by atoms with Gasteiger partial charge >= 0.3 is 0 Å². The SMILES string of the molecule is COCc1cc(N2CCN(C(C)c3nccs3)CC2)nc(C(C)(C)C)n1. The Morgan fingerprint density at radius 2 is 1.92 bits per heavy atom. The first-order valence-corrected chi connectivity index (χ1v) is 10.0. The maximum absolute atomic E-state index is 5.30. The van der Waals surface area contributed by atoms with Gasteiger partial charge in [0.1, 0.15) is 16.6 Å². The molecule has 7 heteroatoms. The molecule has 3 heterocycles. The van der Waals surface area contributed by atoms with Crippen LogP contribution in [0, 0.1) is 0 Å². The van der Waals surface area contributed by atoms with Crippen molar-refractivity contribution < 1.29 is 4.74 Å². The number of ether oxygens (including phenoxy) is 1. The molecule has 2 aromatic rings. The minimum absolute atomic E-state index is 0.0837. The van der Waals surface area contributed by atoms with Crippen molar-refractivity contribution in [1.82, 2.24) is 19.9 Å². The third-order valence-corrected chi connectivity index (χ3v) is 5.67. The Balaban J connectivity index is 1.73. The van der Waals surface area contributed by atoms with E-state index < -0.39 is 0 Å². The molecular weight excluding hydrogens is 346 g/mol. The predicted octanol–water partition coefficient (Wildman–Crippen LogP) is 3.26. The lowest BCUT2D eigenvalue weighted by Gasteiger charge is -2.38. The second-order valence-electron chi connectivity index (χ2n) is 7.79. The molecule has 1 fully saturated rings. The van der Waals surface area contributed by atoms with E-state index in [0.717, 1.165) is 43.5 Å². The fourth-order valence-electron chi connectivity index (χ4n) is 3.14. The number of nitrogens with zero attached hydrogens (tertiary/aromatic N) is 5. The second kappa shape index (κ2) is 7.98. The minimum atomic E-state index is -0.0837. The van der Waals surface area contributed by atoms with E-state index in [2.05, 4.69) is 53.5 Å². The smallest absolute Gasteiger partial charge is 0.136 e. The minimum Gasteiger partial charge on any atom is -0.378 e. The number of methoxy groups -OCH3 is 1. The Hall–Kier alpha value is -1.57. The molecule has 0 N–H and O–H groups in total. The molecule has 6 nitrogen and oxygen atoms in total. The number of hydrogen-bond acceptors (Lipinski definition) is 7. The number of aromatic nitrogens is 3. The van der Waals surface area contributed by atoms with E-state index in [1.54, 1.807) is 18.4 Å². The summed E-state index contributed by atoms with van der Waals surface area (Å²) in [5.74, 6) is 1.89. The molecule has 1 unspecified atom stereocenters. The maximum Gasteiger partial charge on any atom is 0.136 e. The molecule has 1 saturated heterocycles.